The largest absolute Gasteiger partial charge is 0.573 e. The third kappa shape index (κ3) is 5.60. The van der Waals surface area contributed by atoms with Gasteiger partial charge in [-0.05, 0) is 36.4 Å². The Morgan fingerprint density at radius 2 is 1.80 bits per heavy atom. The van der Waals surface area contributed by atoms with E-state index in [1.54, 1.807) is 18.2 Å². The van der Waals surface area contributed by atoms with Crippen LogP contribution in [0, 0.1) is 0 Å². The van der Waals surface area contributed by atoms with Gasteiger partial charge in [0, 0.05) is 43.2 Å². The average Bonchev–Trinajstić information content (AvgIpc) is 3.24. The Morgan fingerprint density at radius 3 is 2.51 bits per heavy atom. The Bertz CT molecular complexity index is 1120. The lowest BCUT2D eigenvalue weighted by molar-refractivity contribution is -0.274. The van der Waals surface area contributed by atoms with Crippen molar-refractivity contribution in [2.24, 2.45) is 4.99 Å². The lowest BCUT2D eigenvalue weighted by Gasteiger charge is -2.35. The Kier molecular flexibility index (Phi) is 6.15. The molecule has 0 atom stereocenters. The number of ether oxygens (including phenoxy) is 3. The fourth-order valence-corrected chi connectivity index (χ4v) is 4.13. The minimum atomic E-state index is -4.74. The fourth-order valence-electron chi connectivity index (χ4n) is 4.13. The van der Waals surface area contributed by atoms with E-state index < -0.39 is 12.1 Å². The smallest absolute Gasteiger partial charge is 0.486 e. The summed E-state index contributed by atoms with van der Waals surface area (Å²) in [5.74, 6) is 1.25. The van der Waals surface area contributed by atoms with Crippen LogP contribution in [0.3, 0.4) is 0 Å². The van der Waals surface area contributed by atoms with Crippen molar-refractivity contribution in [1.29, 1.82) is 0 Å². The molecule has 0 saturated carbocycles. The second-order valence-corrected chi connectivity index (χ2v) is 8.37. The number of benzene rings is 2. The van der Waals surface area contributed by atoms with Gasteiger partial charge in [0.2, 0.25) is 5.91 Å². The second kappa shape index (κ2) is 9.27. The van der Waals surface area contributed by atoms with E-state index in [4.69, 9.17) is 14.3 Å². The number of carbonyl (C=O) groups is 1. The number of piperidine rings is 1. The summed E-state index contributed by atoms with van der Waals surface area (Å²) < 4.78 is 52.0. The van der Waals surface area contributed by atoms with Crippen molar-refractivity contribution in [3.63, 3.8) is 0 Å². The quantitative estimate of drug-likeness (QED) is 0.663. The first-order chi connectivity index (χ1) is 16.8. The van der Waals surface area contributed by atoms with E-state index in [0.29, 0.717) is 67.7 Å². The van der Waals surface area contributed by atoms with E-state index in [-0.39, 0.29) is 18.2 Å². The molecule has 9 nitrogen and oxygen atoms in total. The first-order valence-electron chi connectivity index (χ1n) is 11.1. The number of alkyl halides is 3. The van der Waals surface area contributed by atoms with Crippen molar-refractivity contribution in [1.82, 2.24) is 10.4 Å². The Balaban J connectivity index is 1.13. The van der Waals surface area contributed by atoms with E-state index >= 15 is 0 Å². The Hall–Kier alpha value is -3.51. The van der Waals surface area contributed by atoms with Crippen molar-refractivity contribution in [3.05, 3.63) is 48.0 Å². The van der Waals surface area contributed by atoms with E-state index in [1.807, 2.05) is 4.90 Å². The summed E-state index contributed by atoms with van der Waals surface area (Å²) in [6.45, 7) is 2.37. The minimum absolute atomic E-state index is 0.145. The molecular weight excluding hydrogens is 469 g/mol. The molecule has 5 rings (SSSR count). The molecule has 186 valence electrons. The highest BCUT2D eigenvalue weighted by Crippen LogP contribution is 2.33. The zero-order valence-corrected chi connectivity index (χ0v) is 18.6. The number of halogens is 3. The highest BCUT2D eigenvalue weighted by atomic mass is 19.4. The molecule has 2 aromatic rings. The van der Waals surface area contributed by atoms with Gasteiger partial charge in [0.05, 0.1) is 6.54 Å². The SMILES string of the molecule is O=C(CN1CCC2(CC1)N=C(c1ccc(OC(F)(F)F)cc1)NO2)Nc1ccc2c(c1)OCCO2. The third-order valence-electron chi connectivity index (χ3n) is 5.85. The summed E-state index contributed by atoms with van der Waals surface area (Å²) in [6.07, 6.45) is -3.64. The molecule has 2 aromatic carbocycles. The number of aliphatic imine (C=N–C) groups is 1. The number of nitrogens with zero attached hydrogens (tertiary/aromatic N) is 2. The molecule has 0 unspecified atom stereocenters. The van der Waals surface area contributed by atoms with Crippen LogP contribution >= 0.6 is 0 Å². The number of hydrogen-bond donors (Lipinski definition) is 2. The Labute approximate surface area is 198 Å². The summed E-state index contributed by atoms with van der Waals surface area (Å²) in [6, 6.07) is 10.7. The van der Waals surface area contributed by atoms with Crippen molar-refractivity contribution >= 4 is 17.4 Å². The summed E-state index contributed by atoms with van der Waals surface area (Å²) in [7, 11) is 0. The number of fused-ring (bicyclic) bond motifs is 1. The monoisotopic (exact) mass is 492 g/mol. The first kappa shape index (κ1) is 23.2. The molecule has 0 aromatic heterocycles. The molecule has 0 bridgehead atoms. The first-order valence-corrected chi connectivity index (χ1v) is 11.1. The number of carbonyl (C=O) groups excluding carboxylic acids is 1. The summed E-state index contributed by atoms with van der Waals surface area (Å²) in [4.78, 5) is 24.9. The van der Waals surface area contributed by atoms with Gasteiger partial charge in [-0.15, -0.1) is 13.2 Å². The highest BCUT2D eigenvalue weighted by molar-refractivity contribution is 5.99. The maximum Gasteiger partial charge on any atom is 0.573 e. The van der Waals surface area contributed by atoms with Gasteiger partial charge in [-0.25, -0.2) is 15.3 Å². The number of hydrogen-bond acceptors (Lipinski definition) is 8. The molecule has 1 fully saturated rings. The molecule has 3 aliphatic heterocycles. The number of likely N-dealkylation sites (tertiary alicyclic amines) is 1. The molecule has 3 heterocycles. The molecular formula is C23H23F3N4O5. The summed E-state index contributed by atoms with van der Waals surface area (Å²) >= 11 is 0. The molecule has 1 saturated heterocycles. The standard InChI is InChI=1S/C23H23F3N4O5/c24-23(25,26)34-17-4-1-15(2-5-17)21-28-22(35-29-21)7-9-30(10-8-22)14-20(31)27-16-3-6-18-19(13-16)33-12-11-32-18/h1-6,13H,7-12,14H2,(H,27,31)(H,28,29). The van der Waals surface area contributed by atoms with Crippen molar-refractivity contribution in [3.8, 4) is 17.2 Å². The number of hydroxylamine groups is 1. The van der Waals surface area contributed by atoms with Gasteiger partial charge >= 0.3 is 6.36 Å². The zero-order chi connectivity index (χ0) is 24.5. The molecule has 2 N–H and O–H groups in total. The predicted octanol–water partition coefficient (Wildman–Crippen LogP) is 3.07. The molecule has 0 radical (unpaired) electrons. The number of nitrogens with one attached hydrogen (secondary N) is 2. The lowest BCUT2D eigenvalue weighted by atomic mass is 10.0. The molecule has 1 amide bonds. The van der Waals surface area contributed by atoms with Crippen molar-refractivity contribution < 1.29 is 37.0 Å². The normalized spacial score (nSPS) is 19.1. The molecule has 35 heavy (non-hydrogen) atoms. The van der Waals surface area contributed by atoms with Gasteiger partial charge in [-0.1, -0.05) is 0 Å². The molecule has 3 aliphatic rings. The van der Waals surface area contributed by atoms with Crippen LogP contribution in [0.15, 0.2) is 47.5 Å². The molecule has 0 aliphatic carbocycles. The van der Waals surface area contributed by atoms with Crippen LogP contribution in [-0.2, 0) is 9.63 Å². The van der Waals surface area contributed by atoms with Gasteiger partial charge in [0.15, 0.2) is 23.1 Å². The molecule has 1 spiro atoms. The lowest BCUT2D eigenvalue weighted by Crippen LogP contribution is -2.46. The summed E-state index contributed by atoms with van der Waals surface area (Å²) in [5, 5.41) is 2.88. The van der Waals surface area contributed by atoms with E-state index in [9.17, 15) is 18.0 Å². The topological polar surface area (TPSA) is 93.7 Å². The minimum Gasteiger partial charge on any atom is -0.486 e. The van der Waals surface area contributed by atoms with Gasteiger partial charge in [0.25, 0.3) is 0 Å². The van der Waals surface area contributed by atoms with Crippen LogP contribution in [0.2, 0.25) is 0 Å². The number of amides is 1. The third-order valence-corrected chi connectivity index (χ3v) is 5.85. The maximum atomic E-state index is 12.5. The van der Waals surface area contributed by atoms with Gasteiger partial charge in [0.1, 0.15) is 19.0 Å². The Morgan fingerprint density at radius 1 is 1.09 bits per heavy atom. The van der Waals surface area contributed by atoms with Crippen LogP contribution in [0.4, 0.5) is 18.9 Å². The number of amidine groups is 1. The highest BCUT2D eigenvalue weighted by Gasteiger charge is 2.40. The van der Waals surface area contributed by atoms with Gasteiger partial charge in [-0.3, -0.25) is 9.69 Å². The van der Waals surface area contributed by atoms with Gasteiger partial charge < -0.3 is 19.5 Å². The molecule has 12 heteroatoms. The zero-order valence-electron chi connectivity index (χ0n) is 18.6. The second-order valence-electron chi connectivity index (χ2n) is 8.37. The van der Waals surface area contributed by atoms with Crippen LogP contribution in [0.1, 0.15) is 18.4 Å². The average molecular weight is 492 g/mol. The van der Waals surface area contributed by atoms with Crippen LogP contribution in [0.5, 0.6) is 17.2 Å². The van der Waals surface area contributed by atoms with Crippen molar-refractivity contribution in [2.75, 3.05) is 38.2 Å². The van der Waals surface area contributed by atoms with E-state index in [1.165, 1.54) is 24.3 Å². The summed E-state index contributed by atoms with van der Waals surface area (Å²) in [5.41, 5.74) is 3.22. The van der Waals surface area contributed by atoms with E-state index in [0.717, 1.165) is 0 Å². The fraction of sp³-hybridized carbons (Fsp3) is 0.391. The van der Waals surface area contributed by atoms with Gasteiger partial charge in [-0.2, -0.15) is 0 Å². The predicted molar refractivity (Wildman–Crippen MR) is 118 cm³/mol. The van der Waals surface area contributed by atoms with Crippen LogP contribution < -0.4 is 25.0 Å². The maximum absolute atomic E-state index is 12.5. The number of rotatable bonds is 5. The van der Waals surface area contributed by atoms with E-state index in [2.05, 4.69) is 20.5 Å². The number of anilines is 1. The van der Waals surface area contributed by atoms with Crippen LogP contribution in [-0.4, -0.2) is 61.6 Å². The van der Waals surface area contributed by atoms with Crippen molar-refractivity contribution in [2.45, 2.75) is 24.9 Å². The van der Waals surface area contributed by atoms with Crippen LogP contribution in [0.25, 0.3) is 0 Å².